The molecular weight excluding hydrogens is 266 g/mol. The van der Waals surface area contributed by atoms with E-state index in [4.69, 9.17) is 0 Å². The highest BCUT2D eigenvalue weighted by Crippen LogP contribution is 2.15. The highest BCUT2D eigenvalue weighted by molar-refractivity contribution is 9.10. The fourth-order valence-corrected chi connectivity index (χ4v) is 1.96. The topological polar surface area (TPSA) is 29.1 Å². The lowest BCUT2D eigenvalue weighted by Crippen LogP contribution is -2.26. The molecule has 88 valence electrons. The molecule has 0 saturated heterocycles. The summed E-state index contributed by atoms with van der Waals surface area (Å²) in [5.41, 5.74) is 1.23. The molecule has 0 unspecified atom stereocenters. The van der Waals surface area contributed by atoms with E-state index >= 15 is 0 Å². The molecule has 0 saturated carbocycles. The Morgan fingerprint density at radius 1 is 1.38 bits per heavy atom. The predicted molar refractivity (Wildman–Crippen MR) is 70.3 cm³/mol. The first kappa shape index (κ1) is 13.2. The third kappa shape index (κ3) is 4.79. The lowest BCUT2D eigenvalue weighted by molar-refractivity contribution is -0.121. The van der Waals surface area contributed by atoms with Gasteiger partial charge < -0.3 is 5.32 Å². The van der Waals surface area contributed by atoms with Crippen LogP contribution in [0, 0.1) is 5.92 Å². The second-order valence-corrected chi connectivity index (χ2v) is 5.14. The molecular formula is C13H18BrNO. The summed E-state index contributed by atoms with van der Waals surface area (Å²) < 4.78 is 1.10. The van der Waals surface area contributed by atoms with Crippen molar-refractivity contribution < 1.29 is 4.79 Å². The minimum Gasteiger partial charge on any atom is -0.356 e. The molecule has 2 nitrogen and oxygen atoms in total. The molecule has 0 bridgehead atoms. The van der Waals surface area contributed by atoms with Crippen LogP contribution in [0.25, 0.3) is 0 Å². The largest absolute Gasteiger partial charge is 0.356 e. The van der Waals surface area contributed by atoms with E-state index in [1.165, 1.54) is 5.56 Å². The second kappa shape index (κ2) is 6.69. The van der Waals surface area contributed by atoms with Crippen LogP contribution in [-0.2, 0) is 11.2 Å². The number of amides is 1. The minimum atomic E-state index is 0.141. The van der Waals surface area contributed by atoms with Crippen LogP contribution < -0.4 is 5.32 Å². The van der Waals surface area contributed by atoms with Crippen LogP contribution in [0.5, 0.6) is 0 Å². The first-order chi connectivity index (χ1) is 7.59. The Labute approximate surface area is 106 Å². The van der Waals surface area contributed by atoms with E-state index in [2.05, 4.69) is 27.3 Å². The van der Waals surface area contributed by atoms with Crippen LogP contribution in [0.15, 0.2) is 28.7 Å². The Kier molecular flexibility index (Phi) is 5.53. The van der Waals surface area contributed by atoms with E-state index in [1.807, 2.05) is 32.0 Å². The van der Waals surface area contributed by atoms with Crippen LogP contribution in [0.2, 0.25) is 0 Å². The highest BCUT2D eigenvalue weighted by atomic mass is 79.9. The lowest BCUT2D eigenvalue weighted by atomic mass is 10.1. The molecule has 0 aromatic heterocycles. The smallest absolute Gasteiger partial charge is 0.220 e. The SMILES string of the molecule is CC(C)CC(=O)NCCc1ccccc1Br. The van der Waals surface area contributed by atoms with E-state index in [0.29, 0.717) is 18.9 Å². The molecule has 1 aromatic rings. The van der Waals surface area contributed by atoms with Gasteiger partial charge in [-0.15, -0.1) is 0 Å². The van der Waals surface area contributed by atoms with Gasteiger partial charge in [-0.1, -0.05) is 48.0 Å². The zero-order valence-electron chi connectivity index (χ0n) is 9.79. The molecule has 0 aliphatic rings. The second-order valence-electron chi connectivity index (χ2n) is 4.29. The van der Waals surface area contributed by atoms with Crippen LogP contribution in [0.1, 0.15) is 25.8 Å². The first-order valence-electron chi connectivity index (χ1n) is 5.59. The quantitative estimate of drug-likeness (QED) is 0.884. The minimum absolute atomic E-state index is 0.141. The molecule has 0 fully saturated rings. The summed E-state index contributed by atoms with van der Waals surface area (Å²) in [6.07, 6.45) is 1.47. The number of nitrogens with one attached hydrogen (secondary N) is 1. The molecule has 1 amide bonds. The average molecular weight is 284 g/mol. The van der Waals surface area contributed by atoms with Gasteiger partial charge in [0.1, 0.15) is 0 Å². The third-order valence-corrected chi connectivity index (χ3v) is 3.04. The molecule has 1 N–H and O–H groups in total. The van der Waals surface area contributed by atoms with Gasteiger partial charge in [0, 0.05) is 17.4 Å². The van der Waals surface area contributed by atoms with Crippen LogP contribution in [-0.4, -0.2) is 12.5 Å². The van der Waals surface area contributed by atoms with Crippen LogP contribution in [0.3, 0.4) is 0 Å². The van der Waals surface area contributed by atoms with E-state index in [1.54, 1.807) is 0 Å². The van der Waals surface area contributed by atoms with Crippen molar-refractivity contribution in [1.29, 1.82) is 0 Å². The van der Waals surface area contributed by atoms with Crippen LogP contribution in [0.4, 0.5) is 0 Å². The van der Waals surface area contributed by atoms with Gasteiger partial charge in [0.15, 0.2) is 0 Å². The number of carbonyl (C=O) groups excluding carboxylic acids is 1. The molecule has 1 aromatic carbocycles. The van der Waals surface area contributed by atoms with Gasteiger partial charge in [-0.05, 0) is 24.0 Å². The molecule has 0 aliphatic heterocycles. The van der Waals surface area contributed by atoms with Crippen LogP contribution >= 0.6 is 15.9 Å². The molecule has 1 rings (SSSR count). The number of rotatable bonds is 5. The van der Waals surface area contributed by atoms with Crippen molar-refractivity contribution in [2.75, 3.05) is 6.54 Å². The molecule has 3 heteroatoms. The number of carbonyl (C=O) groups is 1. The Morgan fingerprint density at radius 2 is 2.06 bits per heavy atom. The monoisotopic (exact) mass is 283 g/mol. The number of benzene rings is 1. The Balaban J connectivity index is 2.31. The predicted octanol–water partition coefficient (Wildman–Crippen LogP) is 3.15. The van der Waals surface area contributed by atoms with Gasteiger partial charge >= 0.3 is 0 Å². The first-order valence-corrected chi connectivity index (χ1v) is 6.39. The summed E-state index contributed by atoms with van der Waals surface area (Å²) in [6, 6.07) is 8.09. The Hall–Kier alpha value is -0.830. The summed E-state index contributed by atoms with van der Waals surface area (Å²) in [5, 5.41) is 2.93. The maximum Gasteiger partial charge on any atom is 0.220 e. The van der Waals surface area contributed by atoms with Crippen molar-refractivity contribution in [3.05, 3.63) is 34.3 Å². The molecule has 0 radical (unpaired) electrons. The van der Waals surface area contributed by atoms with Gasteiger partial charge in [-0.3, -0.25) is 4.79 Å². The molecule has 0 atom stereocenters. The summed E-state index contributed by atoms with van der Waals surface area (Å²) in [6.45, 7) is 4.80. The van der Waals surface area contributed by atoms with E-state index in [0.717, 1.165) is 10.9 Å². The van der Waals surface area contributed by atoms with Crippen molar-refractivity contribution in [2.45, 2.75) is 26.7 Å². The number of hydrogen-bond donors (Lipinski definition) is 1. The fourth-order valence-electron chi connectivity index (χ4n) is 1.48. The summed E-state index contributed by atoms with van der Waals surface area (Å²) in [5.74, 6) is 0.561. The fraction of sp³-hybridized carbons (Fsp3) is 0.462. The number of hydrogen-bond acceptors (Lipinski definition) is 1. The van der Waals surface area contributed by atoms with Crippen molar-refractivity contribution in [3.8, 4) is 0 Å². The maximum atomic E-state index is 11.4. The normalized spacial score (nSPS) is 10.5. The van der Waals surface area contributed by atoms with Crippen molar-refractivity contribution in [3.63, 3.8) is 0 Å². The van der Waals surface area contributed by atoms with Crippen molar-refractivity contribution >= 4 is 21.8 Å². The van der Waals surface area contributed by atoms with Crippen molar-refractivity contribution in [2.24, 2.45) is 5.92 Å². The van der Waals surface area contributed by atoms with Gasteiger partial charge in [-0.2, -0.15) is 0 Å². The van der Waals surface area contributed by atoms with E-state index in [9.17, 15) is 4.79 Å². The molecule has 0 spiro atoms. The Bertz CT molecular complexity index is 350. The highest BCUT2D eigenvalue weighted by Gasteiger charge is 2.04. The Morgan fingerprint density at radius 3 is 2.69 bits per heavy atom. The van der Waals surface area contributed by atoms with E-state index < -0.39 is 0 Å². The summed E-state index contributed by atoms with van der Waals surface area (Å²) >= 11 is 3.49. The molecule has 0 aliphatic carbocycles. The van der Waals surface area contributed by atoms with Gasteiger partial charge in [0.25, 0.3) is 0 Å². The summed E-state index contributed by atoms with van der Waals surface area (Å²) in [7, 11) is 0. The van der Waals surface area contributed by atoms with Crippen molar-refractivity contribution in [1.82, 2.24) is 5.32 Å². The zero-order valence-corrected chi connectivity index (χ0v) is 11.4. The van der Waals surface area contributed by atoms with E-state index in [-0.39, 0.29) is 5.91 Å². The van der Waals surface area contributed by atoms with Gasteiger partial charge in [-0.25, -0.2) is 0 Å². The molecule has 0 heterocycles. The maximum absolute atomic E-state index is 11.4. The average Bonchev–Trinajstić information content (AvgIpc) is 2.19. The van der Waals surface area contributed by atoms with Gasteiger partial charge in [0.05, 0.1) is 0 Å². The third-order valence-electron chi connectivity index (χ3n) is 2.27. The molecule has 16 heavy (non-hydrogen) atoms. The number of halogens is 1. The summed E-state index contributed by atoms with van der Waals surface area (Å²) in [4.78, 5) is 11.4. The zero-order chi connectivity index (χ0) is 12.0. The standard InChI is InChI=1S/C13H18BrNO/c1-10(2)9-13(16)15-8-7-11-5-3-4-6-12(11)14/h3-6,10H,7-9H2,1-2H3,(H,15,16). The lowest BCUT2D eigenvalue weighted by Gasteiger charge is -2.08. The van der Waals surface area contributed by atoms with Gasteiger partial charge in [0.2, 0.25) is 5.91 Å².